The van der Waals surface area contributed by atoms with Crippen LogP contribution in [0.4, 0.5) is 0 Å². The largest absolute Gasteiger partial charge is 0.352 e. The zero-order chi connectivity index (χ0) is 20.6. The van der Waals surface area contributed by atoms with Crippen molar-refractivity contribution in [1.29, 1.82) is 0 Å². The van der Waals surface area contributed by atoms with Gasteiger partial charge in [-0.2, -0.15) is 11.8 Å². The second-order valence-corrected chi connectivity index (χ2v) is 7.98. The summed E-state index contributed by atoms with van der Waals surface area (Å²) in [5.41, 5.74) is 2.33. The van der Waals surface area contributed by atoms with Crippen molar-refractivity contribution in [2.75, 3.05) is 18.6 Å². The molecule has 1 unspecified atom stereocenters. The first-order valence-electron chi connectivity index (χ1n) is 9.33. The first-order valence-corrected chi connectivity index (χ1v) is 11.1. The SMILES string of the molecule is CSCCC(NC(=O)CCNC(=O)c1ccc(Cl)cc1)c1nc2ccccc2[nH]1. The molecule has 3 aromatic rings. The van der Waals surface area contributed by atoms with Crippen molar-refractivity contribution in [3.63, 3.8) is 0 Å². The summed E-state index contributed by atoms with van der Waals surface area (Å²) in [6, 6.07) is 14.2. The number of rotatable bonds is 9. The number of aromatic amines is 1. The van der Waals surface area contributed by atoms with Crippen LogP contribution >= 0.6 is 23.4 Å². The molecule has 0 saturated carbocycles. The van der Waals surface area contributed by atoms with Gasteiger partial charge < -0.3 is 15.6 Å². The van der Waals surface area contributed by atoms with E-state index in [4.69, 9.17) is 11.6 Å². The molecule has 2 amide bonds. The lowest BCUT2D eigenvalue weighted by atomic mass is 10.2. The zero-order valence-corrected chi connectivity index (χ0v) is 17.6. The molecule has 0 fully saturated rings. The molecule has 6 nitrogen and oxygen atoms in total. The molecule has 0 saturated heterocycles. The number of nitrogens with zero attached hydrogens (tertiary/aromatic N) is 1. The third-order valence-electron chi connectivity index (χ3n) is 4.43. The highest BCUT2D eigenvalue weighted by molar-refractivity contribution is 7.98. The number of hydrogen-bond donors (Lipinski definition) is 3. The van der Waals surface area contributed by atoms with Crippen LogP contribution in [0.5, 0.6) is 0 Å². The van der Waals surface area contributed by atoms with Crippen LogP contribution in [0.1, 0.15) is 35.1 Å². The Labute approximate surface area is 178 Å². The fraction of sp³-hybridized carbons (Fsp3) is 0.286. The Morgan fingerprint density at radius 2 is 1.93 bits per heavy atom. The molecule has 0 radical (unpaired) electrons. The van der Waals surface area contributed by atoms with E-state index < -0.39 is 0 Å². The molecule has 152 valence electrons. The number of para-hydroxylation sites is 2. The van der Waals surface area contributed by atoms with Gasteiger partial charge in [-0.15, -0.1) is 0 Å². The van der Waals surface area contributed by atoms with Crippen molar-refractivity contribution >= 4 is 46.2 Å². The minimum absolute atomic E-state index is 0.132. The van der Waals surface area contributed by atoms with Crippen LogP contribution < -0.4 is 10.6 Å². The molecule has 1 heterocycles. The Balaban J connectivity index is 1.55. The number of nitrogens with one attached hydrogen (secondary N) is 3. The lowest BCUT2D eigenvalue weighted by Gasteiger charge is -2.16. The summed E-state index contributed by atoms with van der Waals surface area (Å²) in [4.78, 5) is 32.5. The van der Waals surface area contributed by atoms with Crippen LogP contribution in [-0.2, 0) is 4.79 Å². The topological polar surface area (TPSA) is 86.9 Å². The van der Waals surface area contributed by atoms with E-state index in [1.807, 2.05) is 30.5 Å². The molecule has 0 aliphatic heterocycles. The van der Waals surface area contributed by atoms with Gasteiger partial charge in [-0.1, -0.05) is 23.7 Å². The normalized spacial score (nSPS) is 11.9. The number of carbonyl (C=O) groups excluding carboxylic acids is 2. The minimum Gasteiger partial charge on any atom is -0.352 e. The van der Waals surface area contributed by atoms with Crippen LogP contribution in [0.2, 0.25) is 5.02 Å². The van der Waals surface area contributed by atoms with Crippen molar-refractivity contribution < 1.29 is 9.59 Å². The van der Waals surface area contributed by atoms with E-state index in [-0.39, 0.29) is 30.8 Å². The maximum atomic E-state index is 12.4. The van der Waals surface area contributed by atoms with Crippen LogP contribution in [0.3, 0.4) is 0 Å². The number of aromatic nitrogens is 2. The molecule has 0 aliphatic rings. The van der Waals surface area contributed by atoms with Gasteiger partial charge in [0.2, 0.25) is 5.91 Å². The number of amides is 2. The van der Waals surface area contributed by atoms with Gasteiger partial charge in [-0.05, 0) is 54.8 Å². The third kappa shape index (κ3) is 5.98. The third-order valence-corrected chi connectivity index (χ3v) is 5.32. The van der Waals surface area contributed by atoms with Gasteiger partial charge >= 0.3 is 0 Å². The number of halogens is 1. The van der Waals surface area contributed by atoms with E-state index >= 15 is 0 Å². The highest BCUT2D eigenvalue weighted by atomic mass is 35.5. The van der Waals surface area contributed by atoms with Crippen molar-refractivity contribution in [2.45, 2.75) is 18.9 Å². The van der Waals surface area contributed by atoms with Crippen molar-refractivity contribution in [2.24, 2.45) is 0 Å². The first-order chi connectivity index (χ1) is 14.1. The summed E-state index contributed by atoms with van der Waals surface area (Å²) in [5.74, 6) is 1.28. The number of carbonyl (C=O) groups is 2. The quantitative estimate of drug-likeness (QED) is 0.479. The molecule has 0 aliphatic carbocycles. The van der Waals surface area contributed by atoms with Gasteiger partial charge in [0.25, 0.3) is 5.91 Å². The average molecular weight is 431 g/mol. The minimum atomic E-state index is -0.231. The molecule has 3 N–H and O–H groups in total. The smallest absolute Gasteiger partial charge is 0.251 e. The second-order valence-electron chi connectivity index (χ2n) is 6.55. The highest BCUT2D eigenvalue weighted by Crippen LogP contribution is 2.20. The maximum Gasteiger partial charge on any atom is 0.251 e. The van der Waals surface area contributed by atoms with Crippen molar-refractivity contribution in [1.82, 2.24) is 20.6 Å². The average Bonchev–Trinajstić information content (AvgIpc) is 3.15. The van der Waals surface area contributed by atoms with Gasteiger partial charge in [0, 0.05) is 23.6 Å². The van der Waals surface area contributed by atoms with Crippen molar-refractivity contribution in [3.05, 3.63) is 64.9 Å². The van der Waals surface area contributed by atoms with Gasteiger partial charge in [0.15, 0.2) is 0 Å². The predicted octanol–water partition coefficient (Wildman–Crippen LogP) is 3.95. The van der Waals surface area contributed by atoms with E-state index in [1.165, 1.54) is 0 Å². The maximum absolute atomic E-state index is 12.4. The number of thioether (sulfide) groups is 1. The predicted molar refractivity (Wildman–Crippen MR) is 118 cm³/mol. The van der Waals surface area contributed by atoms with E-state index in [2.05, 4.69) is 20.6 Å². The molecule has 8 heteroatoms. The van der Waals surface area contributed by atoms with E-state index in [0.717, 1.165) is 29.0 Å². The Morgan fingerprint density at radius 3 is 2.66 bits per heavy atom. The second kappa shape index (κ2) is 10.3. The summed E-state index contributed by atoms with van der Waals surface area (Å²) in [6.45, 7) is 0.253. The summed E-state index contributed by atoms with van der Waals surface area (Å²) in [5, 5.41) is 6.36. The molecule has 1 aromatic heterocycles. The fourth-order valence-electron chi connectivity index (χ4n) is 2.91. The van der Waals surface area contributed by atoms with Gasteiger partial charge in [0.05, 0.1) is 17.1 Å². The number of fused-ring (bicyclic) bond motifs is 1. The van der Waals surface area contributed by atoms with Crippen molar-refractivity contribution in [3.8, 4) is 0 Å². The van der Waals surface area contributed by atoms with Crippen LogP contribution in [0.15, 0.2) is 48.5 Å². The van der Waals surface area contributed by atoms with Gasteiger partial charge in [0.1, 0.15) is 5.82 Å². The number of hydrogen-bond acceptors (Lipinski definition) is 4. The number of imidazole rings is 1. The fourth-order valence-corrected chi connectivity index (χ4v) is 3.51. The number of H-pyrrole nitrogens is 1. The standard InChI is InChI=1S/C21H23ClN4O2S/c1-29-13-11-18(20-25-16-4-2-3-5-17(16)26-20)24-19(27)10-12-23-21(28)14-6-8-15(22)9-7-14/h2-9,18H,10-13H2,1H3,(H,23,28)(H,24,27)(H,25,26). The van der Waals surface area contributed by atoms with Crippen LogP contribution in [0, 0.1) is 0 Å². The molecule has 0 spiro atoms. The molecule has 2 aromatic carbocycles. The summed E-state index contributed by atoms with van der Waals surface area (Å²) < 4.78 is 0. The Bertz CT molecular complexity index is 941. The summed E-state index contributed by atoms with van der Waals surface area (Å²) >= 11 is 7.55. The Kier molecular flexibility index (Phi) is 7.55. The molecule has 0 bridgehead atoms. The zero-order valence-electron chi connectivity index (χ0n) is 16.1. The van der Waals surface area contributed by atoms with E-state index in [9.17, 15) is 9.59 Å². The molecular weight excluding hydrogens is 408 g/mol. The molecular formula is C21H23ClN4O2S. The van der Waals surface area contributed by atoms with Crippen LogP contribution in [-0.4, -0.2) is 40.3 Å². The Morgan fingerprint density at radius 1 is 1.17 bits per heavy atom. The van der Waals surface area contributed by atoms with E-state index in [1.54, 1.807) is 36.0 Å². The summed E-state index contributed by atoms with van der Waals surface area (Å²) in [6.07, 6.45) is 2.99. The van der Waals surface area contributed by atoms with Gasteiger partial charge in [-0.3, -0.25) is 9.59 Å². The molecule has 1 atom stereocenters. The first kappa shape index (κ1) is 21.2. The molecule has 29 heavy (non-hydrogen) atoms. The number of benzene rings is 2. The highest BCUT2D eigenvalue weighted by Gasteiger charge is 2.18. The lowest BCUT2D eigenvalue weighted by Crippen LogP contribution is -2.33. The van der Waals surface area contributed by atoms with Crippen LogP contribution in [0.25, 0.3) is 11.0 Å². The van der Waals surface area contributed by atoms with Gasteiger partial charge in [-0.25, -0.2) is 4.98 Å². The summed E-state index contributed by atoms with van der Waals surface area (Å²) in [7, 11) is 0. The van der Waals surface area contributed by atoms with E-state index in [0.29, 0.717) is 10.6 Å². The lowest BCUT2D eigenvalue weighted by molar-refractivity contribution is -0.121. The monoisotopic (exact) mass is 430 g/mol. The Hall–Kier alpha value is -2.51. The molecule has 3 rings (SSSR count).